The van der Waals surface area contributed by atoms with E-state index in [1.54, 1.807) is 0 Å². The first-order chi connectivity index (χ1) is 9.20. The van der Waals surface area contributed by atoms with Gasteiger partial charge in [0.05, 0.1) is 0 Å². The lowest BCUT2D eigenvalue weighted by atomic mass is 10.1. The molecule has 1 rings (SSSR count). The lowest BCUT2D eigenvalue weighted by Crippen LogP contribution is -2.57. The summed E-state index contributed by atoms with van der Waals surface area (Å²) in [6, 6.07) is 0. The molecule has 21 heavy (non-hydrogen) atoms. The van der Waals surface area contributed by atoms with Gasteiger partial charge in [-0.25, -0.2) is 0 Å². The van der Waals surface area contributed by atoms with Crippen LogP contribution in [0, 0.1) is 0 Å². The normalized spacial score (nSPS) is 13.2. The Balaban J connectivity index is 3.34. The van der Waals surface area contributed by atoms with Crippen molar-refractivity contribution in [3.8, 4) is 0 Å². The smallest absolute Gasteiger partial charge is 0.236 e. The highest BCUT2D eigenvalue weighted by Crippen LogP contribution is 2.27. The van der Waals surface area contributed by atoms with Crippen LogP contribution >= 0.6 is 0 Å². The Morgan fingerprint density at radius 2 is 1.38 bits per heavy atom. The average Bonchev–Trinajstić information content (AvgIpc) is 2.06. The van der Waals surface area contributed by atoms with Gasteiger partial charge in [-0.15, -0.1) is 0 Å². The summed E-state index contributed by atoms with van der Waals surface area (Å²) in [5.74, 6) is -0.0944. The molecule has 0 radical (unpaired) electrons. The molecule has 0 unspecified atom stereocenters. The van der Waals surface area contributed by atoms with E-state index < -0.39 is 17.2 Å². The van der Waals surface area contributed by atoms with Crippen molar-refractivity contribution < 1.29 is 15.3 Å². The highest BCUT2D eigenvalue weighted by Gasteiger charge is 2.37. The molecule has 120 valence electrons. The van der Waals surface area contributed by atoms with Gasteiger partial charge in [0, 0.05) is 0 Å². The zero-order chi connectivity index (χ0) is 16.6. The van der Waals surface area contributed by atoms with E-state index in [2.05, 4.69) is 20.3 Å². The standard InChI is InChI=1S/C12H24N6O3/c1-10(2,19)17-8-14-7(13)15-9(16-8)18(11(3,4)20)12(5,6)21/h19-21H,1-6H3,(H3,13,14,15,16,17). The molecule has 9 nitrogen and oxygen atoms in total. The Hall–Kier alpha value is -1.71. The number of anilines is 3. The molecule has 9 heteroatoms. The van der Waals surface area contributed by atoms with Gasteiger partial charge in [-0.3, -0.25) is 4.90 Å². The molecule has 0 saturated carbocycles. The van der Waals surface area contributed by atoms with E-state index in [1.807, 2.05) is 0 Å². The highest BCUT2D eigenvalue weighted by atomic mass is 16.3. The molecule has 6 N–H and O–H groups in total. The summed E-state index contributed by atoms with van der Waals surface area (Å²) in [5.41, 5.74) is 1.47. The Bertz CT molecular complexity index is 487. The molecule has 0 amide bonds. The van der Waals surface area contributed by atoms with Crippen LogP contribution in [0.3, 0.4) is 0 Å². The minimum Gasteiger partial charge on any atom is -0.372 e. The van der Waals surface area contributed by atoms with Gasteiger partial charge in [0.2, 0.25) is 17.8 Å². The first-order valence-electron chi connectivity index (χ1n) is 6.47. The van der Waals surface area contributed by atoms with Gasteiger partial charge in [0.15, 0.2) is 0 Å². The van der Waals surface area contributed by atoms with Gasteiger partial charge in [0.25, 0.3) is 0 Å². The lowest BCUT2D eigenvalue weighted by Gasteiger charge is -2.42. The summed E-state index contributed by atoms with van der Waals surface area (Å²) in [7, 11) is 0. The fourth-order valence-electron chi connectivity index (χ4n) is 1.97. The highest BCUT2D eigenvalue weighted by molar-refractivity contribution is 5.45. The Kier molecular flexibility index (Phi) is 4.33. The molecule has 0 fully saturated rings. The number of hydrogen-bond acceptors (Lipinski definition) is 9. The van der Waals surface area contributed by atoms with E-state index in [0.29, 0.717) is 0 Å². The Morgan fingerprint density at radius 3 is 1.76 bits per heavy atom. The van der Waals surface area contributed by atoms with Crippen LogP contribution in [0.15, 0.2) is 0 Å². The van der Waals surface area contributed by atoms with Crippen molar-refractivity contribution in [1.82, 2.24) is 15.0 Å². The van der Waals surface area contributed by atoms with E-state index in [1.165, 1.54) is 46.4 Å². The predicted molar refractivity (Wildman–Crippen MR) is 79.2 cm³/mol. The van der Waals surface area contributed by atoms with E-state index in [4.69, 9.17) is 5.73 Å². The summed E-state index contributed by atoms with van der Waals surface area (Å²) < 4.78 is 0. The quantitative estimate of drug-likeness (QED) is 0.470. The molecule has 0 aliphatic rings. The first-order valence-corrected chi connectivity index (χ1v) is 6.47. The third-order valence-corrected chi connectivity index (χ3v) is 2.35. The van der Waals surface area contributed by atoms with E-state index in [0.717, 1.165) is 0 Å². The number of aromatic nitrogens is 3. The topological polar surface area (TPSA) is 141 Å². The zero-order valence-corrected chi connectivity index (χ0v) is 13.2. The maximum Gasteiger partial charge on any atom is 0.236 e. The van der Waals surface area contributed by atoms with Crippen LogP contribution in [-0.4, -0.2) is 47.4 Å². The SMILES string of the molecule is CC(C)(O)Nc1nc(N)nc(N(C(C)(C)O)C(C)(C)O)n1. The molecule has 0 spiro atoms. The molecule has 0 aromatic carbocycles. The van der Waals surface area contributed by atoms with Crippen molar-refractivity contribution >= 4 is 17.8 Å². The van der Waals surface area contributed by atoms with E-state index >= 15 is 0 Å². The van der Waals surface area contributed by atoms with Crippen LogP contribution in [0.25, 0.3) is 0 Å². The number of nitrogens with zero attached hydrogens (tertiary/aromatic N) is 4. The van der Waals surface area contributed by atoms with Crippen LogP contribution < -0.4 is 16.0 Å². The van der Waals surface area contributed by atoms with Crippen molar-refractivity contribution in [2.24, 2.45) is 0 Å². The second-order valence-electron chi connectivity index (χ2n) is 6.33. The second-order valence-corrected chi connectivity index (χ2v) is 6.33. The summed E-state index contributed by atoms with van der Waals surface area (Å²) in [6.45, 7) is 8.94. The number of nitrogen functional groups attached to an aromatic ring is 1. The van der Waals surface area contributed by atoms with Crippen LogP contribution in [-0.2, 0) is 0 Å². The van der Waals surface area contributed by atoms with Gasteiger partial charge in [0.1, 0.15) is 17.2 Å². The molecule has 0 aliphatic heterocycles. The molecule has 0 aliphatic carbocycles. The Morgan fingerprint density at radius 1 is 0.905 bits per heavy atom. The molecule has 0 bridgehead atoms. The van der Waals surface area contributed by atoms with E-state index in [-0.39, 0.29) is 17.8 Å². The first kappa shape index (κ1) is 17.3. The molecule has 1 aromatic rings. The fraction of sp³-hybridized carbons (Fsp3) is 0.750. The van der Waals surface area contributed by atoms with Gasteiger partial charge in [-0.2, -0.15) is 15.0 Å². The van der Waals surface area contributed by atoms with Crippen molar-refractivity contribution in [1.29, 1.82) is 0 Å². The summed E-state index contributed by atoms with van der Waals surface area (Å²) in [6.07, 6.45) is 0. The van der Waals surface area contributed by atoms with Crippen LogP contribution in [0.1, 0.15) is 41.5 Å². The fourth-order valence-corrected chi connectivity index (χ4v) is 1.97. The number of nitrogens with one attached hydrogen (secondary N) is 1. The number of nitrogens with two attached hydrogens (primary N) is 1. The van der Waals surface area contributed by atoms with Crippen LogP contribution in [0.4, 0.5) is 17.8 Å². The minimum absolute atomic E-state index is 0.0192. The third-order valence-electron chi connectivity index (χ3n) is 2.35. The van der Waals surface area contributed by atoms with Crippen molar-refractivity contribution in [2.45, 2.75) is 58.7 Å². The molecule has 1 heterocycles. The second kappa shape index (κ2) is 5.24. The van der Waals surface area contributed by atoms with Gasteiger partial charge >= 0.3 is 0 Å². The lowest BCUT2D eigenvalue weighted by molar-refractivity contribution is -0.0219. The molecular formula is C12H24N6O3. The van der Waals surface area contributed by atoms with E-state index in [9.17, 15) is 15.3 Å². The van der Waals surface area contributed by atoms with Gasteiger partial charge in [-0.05, 0) is 41.5 Å². The molecular weight excluding hydrogens is 276 g/mol. The zero-order valence-electron chi connectivity index (χ0n) is 13.2. The van der Waals surface area contributed by atoms with Crippen molar-refractivity contribution in [3.63, 3.8) is 0 Å². The van der Waals surface area contributed by atoms with Crippen molar-refractivity contribution in [3.05, 3.63) is 0 Å². The predicted octanol–water partition coefficient (Wildman–Crippen LogP) is -0.143. The van der Waals surface area contributed by atoms with Crippen LogP contribution in [0.5, 0.6) is 0 Å². The largest absolute Gasteiger partial charge is 0.372 e. The molecule has 0 atom stereocenters. The monoisotopic (exact) mass is 300 g/mol. The number of aliphatic hydroxyl groups is 3. The number of hydrogen-bond donors (Lipinski definition) is 5. The van der Waals surface area contributed by atoms with Gasteiger partial charge < -0.3 is 26.4 Å². The molecule has 0 saturated heterocycles. The Labute approximate surface area is 123 Å². The average molecular weight is 300 g/mol. The number of rotatable bonds is 5. The molecule has 1 aromatic heterocycles. The minimum atomic E-state index is -1.45. The summed E-state index contributed by atoms with van der Waals surface area (Å²) >= 11 is 0. The maximum atomic E-state index is 10.2. The summed E-state index contributed by atoms with van der Waals surface area (Å²) in [4.78, 5) is 13.1. The van der Waals surface area contributed by atoms with Crippen molar-refractivity contribution in [2.75, 3.05) is 16.0 Å². The third kappa shape index (κ3) is 4.96. The maximum absolute atomic E-state index is 10.2. The van der Waals surface area contributed by atoms with Crippen LogP contribution in [0.2, 0.25) is 0 Å². The van der Waals surface area contributed by atoms with Gasteiger partial charge in [-0.1, -0.05) is 0 Å². The summed E-state index contributed by atoms with van der Waals surface area (Å²) in [5, 5.41) is 32.9.